The van der Waals surface area contributed by atoms with Crippen LogP contribution in [0.4, 0.5) is 4.39 Å². The van der Waals surface area contributed by atoms with Crippen LogP contribution in [0.3, 0.4) is 0 Å². The van der Waals surface area contributed by atoms with Gasteiger partial charge in [0, 0.05) is 25.2 Å². The first kappa shape index (κ1) is 15.4. The van der Waals surface area contributed by atoms with E-state index in [1.54, 1.807) is 0 Å². The van der Waals surface area contributed by atoms with Gasteiger partial charge in [-0.15, -0.1) is 0 Å². The van der Waals surface area contributed by atoms with E-state index in [0.29, 0.717) is 24.6 Å². The van der Waals surface area contributed by atoms with Crippen molar-refractivity contribution in [3.05, 3.63) is 29.1 Å². The lowest BCUT2D eigenvalue weighted by Crippen LogP contribution is -2.38. The highest BCUT2D eigenvalue weighted by molar-refractivity contribution is 7.89. The van der Waals surface area contributed by atoms with Gasteiger partial charge in [-0.3, -0.25) is 0 Å². The lowest BCUT2D eigenvalue weighted by Gasteiger charge is -2.30. The molecule has 1 aliphatic heterocycles. The van der Waals surface area contributed by atoms with Crippen molar-refractivity contribution in [2.45, 2.75) is 38.1 Å². The third-order valence-electron chi connectivity index (χ3n) is 3.95. The molecule has 2 N–H and O–H groups in total. The van der Waals surface area contributed by atoms with Crippen LogP contribution in [0.15, 0.2) is 17.0 Å². The molecule has 0 aliphatic carbocycles. The molecule has 0 saturated carbocycles. The van der Waals surface area contributed by atoms with Crippen molar-refractivity contribution in [2.75, 3.05) is 13.1 Å². The van der Waals surface area contributed by atoms with E-state index < -0.39 is 15.8 Å². The number of piperidine rings is 1. The van der Waals surface area contributed by atoms with E-state index >= 15 is 0 Å². The standard InChI is InChI=1S/C14H21FN2O2S/c1-10-3-5-17(6-4-10)20(18,19)14-8-12(9-16)7-13(15)11(14)2/h7-8,10H,3-6,9,16H2,1-2H3. The predicted molar refractivity (Wildman–Crippen MR) is 76.2 cm³/mol. The second-order valence-corrected chi connectivity index (χ2v) is 7.40. The average molecular weight is 300 g/mol. The number of nitrogens with two attached hydrogens (primary N) is 1. The maximum atomic E-state index is 13.8. The molecule has 0 spiro atoms. The topological polar surface area (TPSA) is 63.4 Å². The molecule has 0 radical (unpaired) electrons. The monoisotopic (exact) mass is 300 g/mol. The van der Waals surface area contributed by atoms with Crippen molar-refractivity contribution in [1.82, 2.24) is 4.31 Å². The Morgan fingerprint density at radius 3 is 2.50 bits per heavy atom. The highest BCUT2D eigenvalue weighted by Crippen LogP contribution is 2.27. The molecular weight excluding hydrogens is 279 g/mol. The van der Waals surface area contributed by atoms with Crippen molar-refractivity contribution in [3.63, 3.8) is 0 Å². The SMILES string of the molecule is Cc1c(F)cc(CN)cc1S(=O)(=O)N1CCC(C)CC1. The van der Waals surface area contributed by atoms with Gasteiger partial charge in [-0.1, -0.05) is 6.92 Å². The minimum atomic E-state index is -3.63. The zero-order valence-electron chi connectivity index (χ0n) is 11.9. The molecule has 0 bridgehead atoms. The molecule has 0 aromatic heterocycles. The molecule has 1 aliphatic rings. The Morgan fingerprint density at radius 2 is 1.95 bits per heavy atom. The number of nitrogens with zero attached hydrogens (tertiary/aromatic N) is 1. The zero-order valence-corrected chi connectivity index (χ0v) is 12.7. The molecular formula is C14H21FN2O2S. The zero-order chi connectivity index (χ0) is 14.9. The van der Waals surface area contributed by atoms with Crippen molar-refractivity contribution in [1.29, 1.82) is 0 Å². The minimum Gasteiger partial charge on any atom is -0.326 e. The van der Waals surface area contributed by atoms with Crippen LogP contribution in [0.25, 0.3) is 0 Å². The Labute approximate surface area is 119 Å². The van der Waals surface area contributed by atoms with Gasteiger partial charge < -0.3 is 5.73 Å². The van der Waals surface area contributed by atoms with E-state index in [0.717, 1.165) is 12.8 Å². The fourth-order valence-corrected chi connectivity index (χ4v) is 4.21. The Morgan fingerprint density at radius 1 is 1.35 bits per heavy atom. The maximum Gasteiger partial charge on any atom is 0.243 e. The Kier molecular flexibility index (Phi) is 4.46. The fourth-order valence-electron chi connectivity index (χ4n) is 2.46. The number of hydrogen-bond donors (Lipinski definition) is 1. The normalized spacial score (nSPS) is 18.4. The molecule has 0 atom stereocenters. The van der Waals surface area contributed by atoms with Crippen LogP contribution in [-0.2, 0) is 16.6 Å². The molecule has 2 rings (SSSR count). The number of benzene rings is 1. The van der Waals surface area contributed by atoms with Gasteiger partial charge in [-0.05, 0) is 43.4 Å². The summed E-state index contributed by atoms with van der Waals surface area (Å²) in [5.74, 6) is 0.0200. The van der Waals surface area contributed by atoms with E-state index in [9.17, 15) is 12.8 Å². The van der Waals surface area contributed by atoms with E-state index in [1.807, 2.05) is 0 Å². The van der Waals surface area contributed by atoms with Crippen LogP contribution < -0.4 is 5.73 Å². The summed E-state index contributed by atoms with van der Waals surface area (Å²) in [5, 5.41) is 0. The molecule has 112 valence electrons. The van der Waals surface area contributed by atoms with Crippen molar-refractivity contribution >= 4 is 10.0 Å². The Balaban J connectivity index is 2.41. The predicted octanol–water partition coefficient (Wildman–Crippen LogP) is 2.01. The summed E-state index contributed by atoms with van der Waals surface area (Å²) in [6, 6.07) is 2.79. The van der Waals surface area contributed by atoms with Crippen molar-refractivity contribution in [2.24, 2.45) is 11.7 Å². The van der Waals surface area contributed by atoms with E-state index in [2.05, 4.69) is 6.92 Å². The largest absolute Gasteiger partial charge is 0.326 e. The van der Waals surface area contributed by atoms with E-state index in [1.165, 1.54) is 23.4 Å². The molecule has 0 amide bonds. The molecule has 4 nitrogen and oxygen atoms in total. The number of halogens is 1. The molecule has 0 unspecified atom stereocenters. The smallest absolute Gasteiger partial charge is 0.243 e. The van der Waals surface area contributed by atoms with Crippen LogP contribution >= 0.6 is 0 Å². The summed E-state index contributed by atoms with van der Waals surface area (Å²) in [5.41, 5.74) is 6.17. The van der Waals surface area contributed by atoms with Gasteiger partial charge in [-0.2, -0.15) is 4.31 Å². The Bertz CT molecular complexity index is 593. The first-order valence-corrected chi connectivity index (χ1v) is 8.29. The second kappa shape index (κ2) is 5.79. The number of hydrogen-bond acceptors (Lipinski definition) is 3. The Hall–Kier alpha value is -0.980. The van der Waals surface area contributed by atoms with Gasteiger partial charge in [0.2, 0.25) is 10.0 Å². The molecule has 1 aromatic carbocycles. The third-order valence-corrected chi connectivity index (χ3v) is 5.98. The highest BCUT2D eigenvalue weighted by atomic mass is 32.2. The fraction of sp³-hybridized carbons (Fsp3) is 0.571. The molecule has 1 saturated heterocycles. The average Bonchev–Trinajstić information content (AvgIpc) is 2.42. The van der Waals surface area contributed by atoms with Gasteiger partial charge in [0.25, 0.3) is 0 Å². The first-order valence-electron chi connectivity index (χ1n) is 6.85. The van der Waals surface area contributed by atoms with Crippen LogP contribution in [0, 0.1) is 18.7 Å². The van der Waals surface area contributed by atoms with Gasteiger partial charge in [0.05, 0.1) is 4.90 Å². The molecule has 1 aromatic rings. The minimum absolute atomic E-state index is 0.0486. The first-order chi connectivity index (χ1) is 9.36. The summed E-state index contributed by atoms with van der Waals surface area (Å²) in [6.07, 6.45) is 1.69. The van der Waals surface area contributed by atoms with Crippen LogP contribution in [0.5, 0.6) is 0 Å². The highest BCUT2D eigenvalue weighted by Gasteiger charge is 2.30. The van der Waals surface area contributed by atoms with Crippen LogP contribution in [-0.4, -0.2) is 25.8 Å². The second-order valence-electron chi connectivity index (χ2n) is 5.49. The number of sulfonamides is 1. The van der Waals surface area contributed by atoms with Gasteiger partial charge in [0.15, 0.2) is 0 Å². The van der Waals surface area contributed by atoms with Crippen LogP contribution in [0.2, 0.25) is 0 Å². The molecule has 6 heteroatoms. The van der Waals surface area contributed by atoms with Crippen LogP contribution in [0.1, 0.15) is 30.9 Å². The lowest BCUT2D eigenvalue weighted by molar-refractivity contribution is 0.288. The van der Waals surface area contributed by atoms with E-state index in [4.69, 9.17) is 5.73 Å². The van der Waals surface area contributed by atoms with Crippen molar-refractivity contribution < 1.29 is 12.8 Å². The van der Waals surface area contributed by atoms with Crippen molar-refractivity contribution in [3.8, 4) is 0 Å². The summed E-state index contributed by atoms with van der Waals surface area (Å²) in [7, 11) is -3.63. The summed E-state index contributed by atoms with van der Waals surface area (Å²) in [4.78, 5) is 0.0486. The van der Waals surface area contributed by atoms with E-state index in [-0.39, 0.29) is 17.0 Å². The van der Waals surface area contributed by atoms with Gasteiger partial charge in [-0.25, -0.2) is 12.8 Å². The quantitative estimate of drug-likeness (QED) is 0.929. The molecule has 1 fully saturated rings. The summed E-state index contributed by atoms with van der Waals surface area (Å²) < 4.78 is 40.6. The number of rotatable bonds is 3. The summed E-state index contributed by atoms with van der Waals surface area (Å²) >= 11 is 0. The van der Waals surface area contributed by atoms with Gasteiger partial charge in [0.1, 0.15) is 5.82 Å². The molecule has 20 heavy (non-hydrogen) atoms. The third kappa shape index (κ3) is 2.87. The summed E-state index contributed by atoms with van der Waals surface area (Å²) in [6.45, 7) is 4.73. The van der Waals surface area contributed by atoms with Gasteiger partial charge >= 0.3 is 0 Å². The lowest BCUT2D eigenvalue weighted by atomic mass is 10.0. The maximum absolute atomic E-state index is 13.8. The molecule has 1 heterocycles.